The van der Waals surface area contributed by atoms with E-state index in [4.69, 9.17) is 13.9 Å². The molecule has 0 atom stereocenters. The van der Waals surface area contributed by atoms with Gasteiger partial charge in [0.25, 0.3) is 11.6 Å². The molecule has 0 aliphatic heterocycles. The summed E-state index contributed by atoms with van der Waals surface area (Å²) in [6, 6.07) is 15.4. The number of rotatable bonds is 10. The number of furan rings is 1. The lowest BCUT2D eigenvalue weighted by Crippen LogP contribution is -2.28. The molecule has 0 aliphatic carbocycles. The van der Waals surface area contributed by atoms with Gasteiger partial charge < -0.3 is 19.2 Å². The van der Waals surface area contributed by atoms with Crippen LogP contribution >= 0.6 is 0 Å². The number of esters is 1. The Bertz CT molecular complexity index is 1170. The van der Waals surface area contributed by atoms with Crippen LogP contribution < -0.4 is 10.1 Å². The summed E-state index contributed by atoms with van der Waals surface area (Å²) < 4.78 is 16.0. The smallest absolute Gasteiger partial charge is 0.355 e. The Hall–Kier alpha value is -4.40. The number of amides is 1. The molecule has 3 aromatic rings. The molecule has 0 spiro atoms. The first kappa shape index (κ1) is 24.2. The number of hydrogen-bond acceptors (Lipinski definition) is 7. The Morgan fingerprint density at radius 1 is 1.12 bits per heavy atom. The number of nitro benzene ring substituents is 1. The molecule has 0 radical (unpaired) electrons. The minimum atomic E-state index is -0.826. The standard InChI is InChI=1S/C25H24N2O7/c1-17(2)15-33-21-10-8-19(9-11-21)24(28)26-23(25(29)34-16-22-7-4-12-32-22)14-18-5-3-6-20(13-18)27(30)31/h3-14,17H,15-16H2,1-2H3,(H,26,28)/b23-14-. The summed E-state index contributed by atoms with van der Waals surface area (Å²) in [5, 5.41) is 13.6. The summed E-state index contributed by atoms with van der Waals surface area (Å²) in [5.74, 6) is 0.0219. The van der Waals surface area contributed by atoms with Gasteiger partial charge in [-0.3, -0.25) is 14.9 Å². The monoisotopic (exact) mass is 464 g/mol. The van der Waals surface area contributed by atoms with Crippen LogP contribution in [0.1, 0.15) is 35.5 Å². The molecule has 9 heteroatoms. The average molecular weight is 464 g/mol. The normalized spacial score (nSPS) is 11.2. The van der Waals surface area contributed by atoms with Gasteiger partial charge >= 0.3 is 5.97 Å². The molecule has 9 nitrogen and oxygen atoms in total. The second-order valence-corrected chi connectivity index (χ2v) is 7.75. The van der Waals surface area contributed by atoms with Crippen molar-refractivity contribution in [3.8, 4) is 5.75 Å². The van der Waals surface area contributed by atoms with Crippen LogP contribution in [0.25, 0.3) is 6.08 Å². The second kappa shape index (κ2) is 11.5. The highest BCUT2D eigenvalue weighted by Crippen LogP contribution is 2.17. The first-order chi connectivity index (χ1) is 16.3. The van der Waals surface area contributed by atoms with Gasteiger partial charge in [0.05, 0.1) is 17.8 Å². The molecule has 176 valence electrons. The first-order valence-electron chi connectivity index (χ1n) is 10.5. The third-order valence-electron chi connectivity index (χ3n) is 4.49. The highest BCUT2D eigenvalue weighted by molar-refractivity contribution is 6.03. The maximum Gasteiger partial charge on any atom is 0.355 e. The van der Waals surface area contributed by atoms with E-state index in [1.54, 1.807) is 42.5 Å². The van der Waals surface area contributed by atoms with E-state index in [0.717, 1.165) is 0 Å². The third-order valence-corrected chi connectivity index (χ3v) is 4.49. The first-order valence-corrected chi connectivity index (χ1v) is 10.5. The van der Waals surface area contributed by atoms with Gasteiger partial charge in [0, 0.05) is 17.7 Å². The van der Waals surface area contributed by atoms with Crippen LogP contribution in [-0.4, -0.2) is 23.4 Å². The molecule has 1 heterocycles. The van der Waals surface area contributed by atoms with Crippen molar-refractivity contribution in [2.75, 3.05) is 6.61 Å². The summed E-state index contributed by atoms with van der Waals surface area (Å²) in [5.41, 5.74) is 0.301. The Morgan fingerprint density at radius 3 is 2.53 bits per heavy atom. The zero-order chi connectivity index (χ0) is 24.5. The molecule has 1 N–H and O–H groups in total. The van der Waals surface area contributed by atoms with Gasteiger partial charge in [-0.2, -0.15) is 0 Å². The summed E-state index contributed by atoms with van der Waals surface area (Å²) in [4.78, 5) is 36.1. The quantitative estimate of drug-likeness (QED) is 0.199. The van der Waals surface area contributed by atoms with Gasteiger partial charge in [0.2, 0.25) is 0 Å². The lowest BCUT2D eigenvalue weighted by Gasteiger charge is -2.11. The molecule has 3 rings (SSSR count). The highest BCUT2D eigenvalue weighted by atomic mass is 16.6. The molecule has 34 heavy (non-hydrogen) atoms. The summed E-state index contributed by atoms with van der Waals surface area (Å²) in [7, 11) is 0. The van der Waals surface area contributed by atoms with E-state index in [-0.39, 0.29) is 18.0 Å². The minimum absolute atomic E-state index is 0.143. The number of nitrogens with one attached hydrogen (secondary N) is 1. The molecular formula is C25H24N2O7. The van der Waals surface area contributed by atoms with Gasteiger partial charge in [-0.25, -0.2) is 4.79 Å². The van der Waals surface area contributed by atoms with Crippen LogP contribution in [0.2, 0.25) is 0 Å². The van der Waals surface area contributed by atoms with Crippen molar-refractivity contribution in [3.63, 3.8) is 0 Å². The average Bonchev–Trinajstić information content (AvgIpc) is 3.35. The van der Waals surface area contributed by atoms with E-state index >= 15 is 0 Å². The Kier molecular flexibility index (Phi) is 8.17. The van der Waals surface area contributed by atoms with Gasteiger partial charge in [-0.1, -0.05) is 26.0 Å². The fourth-order valence-corrected chi connectivity index (χ4v) is 2.81. The van der Waals surface area contributed by atoms with E-state index in [2.05, 4.69) is 5.32 Å². The van der Waals surface area contributed by atoms with Crippen molar-refractivity contribution >= 4 is 23.6 Å². The van der Waals surface area contributed by atoms with Crippen molar-refractivity contribution in [2.24, 2.45) is 5.92 Å². The molecule has 1 amide bonds. The fraction of sp³-hybridized carbons (Fsp3) is 0.200. The van der Waals surface area contributed by atoms with E-state index < -0.39 is 16.8 Å². The van der Waals surface area contributed by atoms with E-state index in [1.165, 1.54) is 30.5 Å². The number of nitro groups is 1. The molecular weight excluding hydrogens is 440 g/mol. The van der Waals surface area contributed by atoms with Crippen molar-refractivity contribution in [1.82, 2.24) is 5.32 Å². The van der Waals surface area contributed by atoms with E-state index in [9.17, 15) is 19.7 Å². The molecule has 0 unspecified atom stereocenters. The Balaban J connectivity index is 1.79. The summed E-state index contributed by atoms with van der Waals surface area (Å²) in [6.07, 6.45) is 2.76. The van der Waals surface area contributed by atoms with Crippen molar-refractivity contribution < 1.29 is 28.4 Å². The summed E-state index contributed by atoms with van der Waals surface area (Å²) in [6.45, 7) is 4.46. The van der Waals surface area contributed by atoms with E-state index in [1.807, 2.05) is 13.8 Å². The van der Waals surface area contributed by atoms with Gasteiger partial charge in [-0.15, -0.1) is 0 Å². The molecule has 0 bridgehead atoms. The third kappa shape index (κ3) is 7.06. The van der Waals surface area contributed by atoms with Crippen LogP contribution in [0, 0.1) is 16.0 Å². The largest absolute Gasteiger partial charge is 0.493 e. The maximum absolute atomic E-state index is 12.8. The molecule has 2 aromatic carbocycles. The predicted molar refractivity (Wildman–Crippen MR) is 124 cm³/mol. The second-order valence-electron chi connectivity index (χ2n) is 7.75. The Morgan fingerprint density at radius 2 is 1.88 bits per heavy atom. The molecule has 0 saturated heterocycles. The number of nitrogens with zero attached hydrogens (tertiary/aromatic N) is 1. The number of non-ortho nitro benzene ring substituents is 1. The van der Waals surface area contributed by atoms with Crippen LogP contribution in [-0.2, 0) is 16.1 Å². The van der Waals surface area contributed by atoms with E-state index in [0.29, 0.717) is 35.2 Å². The van der Waals surface area contributed by atoms with Crippen LogP contribution in [0.4, 0.5) is 5.69 Å². The predicted octanol–water partition coefficient (Wildman–Crippen LogP) is 4.74. The zero-order valence-corrected chi connectivity index (χ0v) is 18.7. The highest BCUT2D eigenvalue weighted by Gasteiger charge is 2.18. The summed E-state index contributed by atoms with van der Waals surface area (Å²) >= 11 is 0. The van der Waals surface area contributed by atoms with Crippen molar-refractivity contribution in [2.45, 2.75) is 20.5 Å². The van der Waals surface area contributed by atoms with Crippen LogP contribution in [0.3, 0.4) is 0 Å². The topological polar surface area (TPSA) is 121 Å². The number of ether oxygens (including phenoxy) is 2. The lowest BCUT2D eigenvalue weighted by molar-refractivity contribution is -0.384. The Labute approximate surface area is 196 Å². The zero-order valence-electron chi connectivity index (χ0n) is 18.7. The maximum atomic E-state index is 12.8. The van der Waals surface area contributed by atoms with Crippen molar-refractivity contribution in [1.29, 1.82) is 0 Å². The van der Waals surface area contributed by atoms with Gasteiger partial charge in [0.15, 0.2) is 0 Å². The lowest BCUT2D eigenvalue weighted by atomic mass is 10.1. The number of carbonyl (C=O) groups is 2. The molecule has 0 fully saturated rings. The SMILES string of the molecule is CC(C)COc1ccc(C(=O)N/C(=C\c2cccc([N+](=O)[O-])c2)C(=O)OCc2ccco2)cc1. The molecule has 1 aromatic heterocycles. The van der Waals surface area contributed by atoms with Crippen LogP contribution in [0.5, 0.6) is 5.75 Å². The number of benzene rings is 2. The molecule has 0 saturated carbocycles. The van der Waals surface area contributed by atoms with Crippen LogP contribution in [0.15, 0.2) is 77.0 Å². The number of hydrogen-bond donors (Lipinski definition) is 1. The fourth-order valence-electron chi connectivity index (χ4n) is 2.81. The number of carbonyl (C=O) groups excluding carboxylic acids is 2. The molecule has 0 aliphatic rings. The van der Waals surface area contributed by atoms with Crippen molar-refractivity contribution in [3.05, 3.63) is 99.6 Å². The van der Waals surface area contributed by atoms with Gasteiger partial charge in [-0.05, 0) is 54.0 Å². The van der Waals surface area contributed by atoms with Gasteiger partial charge in [0.1, 0.15) is 23.8 Å². The minimum Gasteiger partial charge on any atom is -0.493 e.